The van der Waals surface area contributed by atoms with Gasteiger partial charge in [0, 0.05) is 18.3 Å². The van der Waals surface area contributed by atoms with E-state index in [4.69, 9.17) is 5.41 Å². The first-order chi connectivity index (χ1) is 9.26. The molecule has 0 saturated carbocycles. The van der Waals surface area contributed by atoms with Gasteiger partial charge in [-0.1, -0.05) is 36.4 Å². The molecule has 19 heavy (non-hydrogen) atoms. The zero-order valence-electron chi connectivity index (χ0n) is 10.3. The van der Waals surface area contributed by atoms with Gasteiger partial charge < -0.3 is 15.7 Å². The third-order valence-corrected chi connectivity index (χ3v) is 2.56. The van der Waals surface area contributed by atoms with Crippen LogP contribution in [-0.2, 0) is 0 Å². The fourth-order valence-corrected chi connectivity index (χ4v) is 1.65. The average Bonchev–Trinajstić information content (AvgIpc) is 2.45. The van der Waals surface area contributed by atoms with Crippen LogP contribution in [0.2, 0.25) is 0 Å². The molecule has 0 fully saturated rings. The van der Waals surface area contributed by atoms with Crippen molar-refractivity contribution in [3.05, 3.63) is 58.9 Å². The molecule has 0 saturated heterocycles. The van der Waals surface area contributed by atoms with E-state index in [1.807, 2.05) is 30.3 Å². The average molecular weight is 254 g/mol. The maximum Gasteiger partial charge on any atom is 0.262 e. The van der Waals surface area contributed by atoms with Crippen LogP contribution in [0.3, 0.4) is 0 Å². The molecule has 0 bridgehead atoms. The van der Waals surface area contributed by atoms with E-state index >= 15 is 0 Å². The zero-order valence-corrected chi connectivity index (χ0v) is 10.3. The first-order valence-corrected chi connectivity index (χ1v) is 5.81. The highest BCUT2D eigenvalue weighted by Gasteiger charge is 2.09. The van der Waals surface area contributed by atoms with E-state index in [-0.39, 0.29) is 11.1 Å². The second-order valence-electron chi connectivity index (χ2n) is 3.86. The van der Waals surface area contributed by atoms with Gasteiger partial charge in [-0.15, -0.1) is 6.58 Å². The molecule has 3 N–H and O–H groups in total. The van der Waals surface area contributed by atoms with Gasteiger partial charge in [0.2, 0.25) is 0 Å². The molecule has 5 heteroatoms. The summed E-state index contributed by atoms with van der Waals surface area (Å²) in [7, 11) is 0. The molecule has 0 spiro atoms. The number of aromatic amines is 1. The van der Waals surface area contributed by atoms with Crippen LogP contribution >= 0.6 is 0 Å². The van der Waals surface area contributed by atoms with E-state index in [0.717, 1.165) is 11.8 Å². The van der Waals surface area contributed by atoms with E-state index in [0.29, 0.717) is 18.2 Å². The highest BCUT2D eigenvalue weighted by Crippen LogP contribution is 2.15. The Bertz CT molecular complexity index is 646. The molecule has 96 valence electrons. The Morgan fingerprint density at radius 1 is 1.37 bits per heavy atom. The zero-order chi connectivity index (χ0) is 13.7. The van der Waals surface area contributed by atoms with Crippen molar-refractivity contribution >= 4 is 12.0 Å². The molecule has 0 amide bonds. The van der Waals surface area contributed by atoms with Gasteiger partial charge >= 0.3 is 0 Å². The van der Waals surface area contributed by atoms with E-state index < -0.39 is 0 Å². The fraction of sp³-hybridized carbons (Fsp3) is 0.0714. The van der Waals surface area contributed by atoms with Crippen molar-refractivity contribution in [3.8, 4) is 11.4 Å². The lowest BCUT2D eigenvalue weighted by molar-refractivity contribution is 1.10. The molecule has 2 rings (SSSR count). The van der Waals surface area contributed by atoms with Crippen molar-refractivity contribution in [2.75, 3.05) is 11.9 Å². The number of hydrogen-bond donors (Lipinski definition) is 3. The molecule has 1 heterocycles. The van der Waals surface area contributed by atoms with Crippen LogP contribution in [0.25, 0.3) is 11.4 Å². The number of anilines is 1. The number of benzene rings is 1. The minimum Gasteiger partial charge on any atom is -0.366 e. The lowest BCUT2D eigenvalue weighted by atomic mass is 10.2. The first-order valence-electron chi connectivity index (χ1n) is 5.81. The summed E-state index contributed by atoms with van der Waals surface area (Å²) in [4.78, 5) is 18.9. The van der Waals surface area contributed by atoms with Crippen molar-refractivity contribution < 1.29 is 0 Å². The van der Waals surface area contributed by atoms with Crippen LogP contribution in [0, 0.1) is 5.41 Å². The van der Waals surface area contributed by atoms with Crippen LogP contribution in [0.4, 0.5) is 5.82 Å². The normalized spacial score (nSPS) is 9.89. The van der Waals surface area contributed by atoms with E-state index in [1.165, 1.54) is 0 Å². The molecule has 0 aliphatic carbocycles. The standard InChI is InChI=1S/C14H14N4O/c1-2-8-16-13-11(9-15)14(19)18-12(17-13)10-6-4-3-5-7-10/h2-7,9,15H,1,8H2,(H2,16,17,18,19). The number of nitrogens with zero attached hydrogens (tertiary/aromatic N) is 1. The van der Waals surface area contributed by atoms with Crippen molar-refractivity contribution in [1.29, 1.82) is 5.41 Å². The Balaban J connectivity index is 2.53. The van der Waals surface area contributed by atoms with E-state index in [2.05, 4.69) is 21.9 Å². The van der Waals surface area contributed by atoms with Gasteiger partial charge in [0.25, 0.3) is 5.56 Å². The molecular weight excluding hydrogens is 240 g/mol. The number of hydrogen-bond acceptors (Lipinski definition) is 4. The van der Waals surface area contributed by atoms with Gasteiger partial charge in [-0.05, 0) is 0 Å². The lowest BCUT2D eigenvalue weighted by Gasteiger charge is -2.08. The fourth-order valence-electron chi connectivity index (χ4n) is 1.65. The van der Waals surface area contributed by atoms with Crippen molar-refractivity contribution in [2.45, 2.75) is 0 Å². The molecular formula is C14H14N4O. The first kappa shape index (κ1) is 12.8. The Kier molecular flexibility index (Phi) is 3.87. The molecule has 0 aliphatic rings. The predicted molar refractivity (Wildman–Crippen MR) is 76.9 cm³/mol. The molecule has 5 nitrogen and oxygen atoms in total. The SMILES string of the molecule is C=CCNc1nc(-c2ccccc2)[nH]c(=O)c1C=N. The Morgan fingerprint density at radius 2 is 2.11 bits per heavy atom. The van der Waals surface area contributed by atoms with Gasteiger partial charge in [0.05, 0.1) is 5.56 Å². The quantitative estimate of drug-likeness (QED) is 0.564. The Morgan fingerprint density at radius 3 is 2.74 bits per heavy atom. The third kappa shape index (κ3) is 2.77. The van der Waals surface area contributed by atoms with Gasteiger partial charge in [0.15, 0.2) is 0 Å². The second-order valence-corrected chi connectivity index (χ2v) is 3.86. The topological polar surface area (TPSA) is 81.6 Å². The molecule has 0 unspecified atom stereocenters. The van der Waals surface area contributed by atoms with Crippen molar-refractivity contribution in [1.82, 2.24) is 9.97 Å². The summed E-state index contributed by atoms with van der Waals surface area (Å²) in [6.07, 6.45) is 2.66. The minimum atomic E-state index is -0.338. The molecule has 1 aromatic heterocycles. The Hall–Kier alpha value is -2.69. The number of nitrogens with one attached hydrogen (secondary N) is 3. The molecule has 1 aromatic carbocycles. The van der Waals surface area contributed by atoms with Crippen LogP contribution in [-0.4, -0.2) is 22.7 Å². The van der Waals surface area contributed by atoms with Crippen LogP contribution in [0.15, 0.2) is 47.8 Å². The van der Waals surface area contributed by atoms with Crippen LogP contribution in [0.5, 0.6) is 0 Å². The van der Waals surface area contributed by atoms with Gasteiger partial charge in [0.1, 0.15) is 11.6 Å². The molecule has 0 radical (unpaired) electrons. The highest BCUT2D eigenvalue weighted by molar-refractivity contribution is 5.84. The lowest BCUT2D eigenvalue weighted by Crippen LogP contribution is -2.18. The third-order valence-electron chi connectivity index (χ3n) is 2.56. The summed E-state index contributed by atoms with van der Waals surface area (Å²) in [5.41, 5.74) is 0.690. The van der Waals surface area contributed by atoms with Crippen molar-refractivity contribution in [3.63, 3.8) is 0 Å². The number of rotatable bonds is 5. The van der Waals surface area contributed by atoms with Crippen LogP contribution in [0.1, 0.15) is 5.56 Å². The largest absolute Gasteiger partial charge is 0.366 e. The smallest absolute Gasteiger partial charge is 0.262 e. The summed E-state index contributed by atoms with van der Waals surface area (Å²) >= 11 is 0. The summed E-state index contributed by atoms with van der Waals surface area (Å²) in [5.74, 6) is 0.861. The summed E-state index contributed by atoms with van der Waals surface area (Å²) in [5, 5.41) is 10.2. The van der Waals surface area contributed by atoms with E-state index in [9.17, 15) is 4.79 Å². The molecule has 2 aromatic rings. The van der Waals surface area contributed by atoms with Gasteiger partial charge in [-0.2, -0.15) is 0 Å². The Labute approximate surface area is 110 Å². The monoisotopic (exact) mass is 254 g/mol. The summed E-state index contributed by atoms with van der Waals surface area (Å²) in [6.45, 7) is 4.08. The minimum absolute atomic E-state index is 0.210. The van der Waals surface area contributed by atoms with Crippen LogP contribution < -0.4 is 10.9 Å². The molecule has 0 aliphatic heterocycles. The van der Waals surface area contributed by atoms with E-state index in [1.54, 1.807) is 6.08 Å². The van der Waals surface area contributed by atoms with Crippen molar-refractivity contribution in [2.24, 2.45) is 0 Å². The van der Waals surface area contributed by atoms with Gasteiger partial charge in [-0.25, -0.2) is 4.98 Å². The predicted octanol–water partition coefficient (Wildman–Crippen LogP) is 2.03. The maximum atomic E-state index is 11.9. The second kappa shape index (κ2) is 5.77. The van der Waals surface area contributed by atoms with Gasteiger partial charge in [-0.3, -0.25) is 4.79 Å². The number of aromatic nitrogens is 2. The summed E-state index contributed by atoms with van der Waals surface area (Å²) < 4.78 is 0. The summed E-state index contributed by atoms with van der Waals surface area (Å²) in [6, 6.07) is 9.36. The molecule has 0 atom stereocenters. The number of H-pyrrole nitrogens is 1. The maximum absolute atomic E-state index is 11.9. The highest BCUT2D eigenvalue weighted by atomic mass is 16.1.